The zero-order valence-electron chi connectivity index (χ0n) is 13.2. The summed E-state index contributed by atoms with van der Waals surface area (Å²) in [5.74, 6) is 2.78. The van der Waals surface area contributed by atoms with Crippen molar-refractivity contribution in [1.29, 1.82) is 0 Å². The van der Waals surface area contributed by atoms with E-state index < -0.39 is 0 Å². The van der Waals surface area contributed by atoms with Crippen LogP contribution in [-0.2, 0) is 6.61 Å². The average Bonchev–Trinajstić information content (AvgIpc) is 3.22. The van der Waals surface area contributed by atoms with Gasteiger partial charge in [0.05, 0.1) is 11.2 Å². The first-order valence-corrected chi connectivity index (χ1v) is 9.55. The summed E-state index contributed by atoms with van der Waals surface area (Å²) in [6, 6.07) is 9.11. The molecule has 0 aliphatic carbocycles. The number of furan rings is 1. The quantitative estimate of drug-likeness (QED) is 0.387. The zero-order chi connectivity index (χ0) is 17.6. The number of aromatic nitrogens is 3. The third-order valence-electron chi connectivity index (χ3n) is 3.03. The number of rotatable bonds is 7. The molecule has 0 aliphatic heterocycles. The van der Waals surface area contributed by atoms with Crippen LogP contribution in [-0.4, -0.2) is 26.8 Å². The van der Waals surface area contributed by atoms with Crippen LogP contribution in [0, 0.1) is 0 Å². The van der Waals surface area contributed by atoms with Crippen LogP contribution in [0.4, 0.5) is 0 Å². The Labute approximate surface area is 162 Å². The van der Waals surface area contributed by atoms with E-state index in [9.17, 15) is 0 Å². The molecule has 0 atom stereocenters. The maximum Gasteiger partial charge on any atom is 0.211 e. The fourth-order valence-corrected chi connectivity index (χ4v) is 3.24. The molecular weight excluding hydrogens is 428 g/mol. The number of thioether (sulfide) groups is 1. The molecule has 0 bridgehead atoms. The first-order chi connectivity index (χ1) is 12.2. The third kappa shape index (κ3) is 4.87. The van der Waals surface area contributed by atoms with Gasteiger partial charge in [-0.15, -0.1) is 10.2 Å². The van der Waals surface area contributed by atoms with Gasteiger partial charge in [0.25, 0.3) is 0 Å². The third-order valence-corrected chi connectivity index (χ3v) is 4.63. The summed E-state index contributed by atoms with van der Waals surface area (Å²) < 4.78 is 13.9. The molecule has 0 fully saturated rings. The van der Waals surface area contributed by atoms with Gasteiger partial charge in [0.15, 0.2) is 0 Å². The fraction of sp³-hybridized carbons (Fsp3) is 0.188. The van der Waals surface area contributed by atoms with Crippen LogP contribution in [0.25, 0.3) is 0 Å². The van der Waals surface area contributed by atoms with E-state index in [2.05, 4.69) is 31.2 Å². The Bertz CT molecular complexity index is 881. The van der Waals surface area contributed by atoms with Gasteiger partial charge in [0, 0.05) is 4.47 Å². The summed E-state index contributed by atoms with van der Waals surface area (Å²) in [6.45, 7) is 2.32. The highest BCUT2D eigenvalue weighted by Gasteiger charge is 2.06. The van der Waals surface area contributed by atoms with E-state index in [-0.39, 0.29) is 6.61 Å². The normalized spacial score (nSPS) is 11.3. The second-order valence-electron chi connectivity index (χ2n) is 4.80. The largest absolute Gasteiger partial charge is 0.484 e. The highest BCUT2D eigenvalue weighted by molar-refractivity contribution is 9.10. The van der Waals surface area contributed by atoms with Crippen LogP contribution in [0.1, 0.15) is 18.4 Å². The second kappa shape index (κ2) is 8.55. The van der Waals surface area contributed by atoms with Gasteiger partial charge in [0.1, 0.15) is 30.2 Å². The minimum absolute atomic E-state index is 0.277. The Morgan fingerprint density at radius 1 is 1.40 bits per heavy atom. The summed E-state index contributed by atoms with van der Waals surface area (Å²) in [5, 5.41) is 13.4. The lowest BCUT2D eigenvalue weighted by molar-refractivity contribution is 0.270. The fourth-order valence-electron chi connectivity index (χ4n) is 1.92. The van der Waals surface area contributed by atoms with Crippen LogP contribution < -0.4 is 4.74 Å². The van der Waals surface area contributed by atoms with Gasteiger partial charge in [-0.3, -0.25) is 0 Å². The molecule has 6 nitrogen and oxygen atoms in total. The highest BCUT2D eigenvalue weighted by Crippen LogP contribution is 2.28. The van der Waals surface area contributed by atoms with Crippen molar-refractivity contribution in [3.63, 3.8) is 0 Å². The predicted molar refractivity (Wildman–Crippen MR) is 102 cm³/mol. The van der Waals surface area contributed by atoms with Crippen molar-refractivity contribution < 1.29 is 9.15 Å². The van der Waals surface area contributed by atoms with Crippen LogP contribution in [0.3, 0.4) is 0 Å². The van der Waals surface area contributed by atoms with Crippen LogP contribution in [0.2, 0.25) is 5.02 Å². The summed E-state index contributed by atoms with van der Waals surface area (Å²) in [7, 11) is 0. The number of halogens is 2. The molecule has 0 aliphatic rings. The average molecular weight is 442 g/mol. The maximum absolute atomic E-state index is 6.12. The van der Waals surface area contributed by atoms with Gasteiger partial charge in [-0.1, -0.05) is 46.2 Å². The van der Waals surface area contributed by atoms with E-state index in [1.807, 2.05) is 25.1 Å². The Hall–Kier alpha value is -1.77. The zero-order valence-corrected chi connectivity index (χ0v) is 16.4. The minimum atomic E-state index is 0.277. The van der Waals surface area contributed by atoms with Crippen molar-refractivity contribution in [3.8, 4) is 5.75 Å². The predicted octanol–water partition coefficient (Wildman–Crippen LogP) is 4.86. The molecule has 0 saturated heterocycles. The van der Waals surface area contributed by atoms with Gasteiger partial charge >= 0.3 is 0 Å². The number of nitrogens with zero attached hydrogens (tertiary/aromatic N) is 4. The van der Waals surface area contributed by atoms with Crippen LogP contribution in [0.5, 0.6) is 5.75 Å². The van der Waals surface area contributed by atoms with Crippen molar-refractivity contribution in [2.75, 3.05) is 5.75 Å². The SMILES string of the molecule is CCSc1nncn1/N=C\c1ccc(COc2ccc(Br)cc2Cl)o1. The molecular formula is C16H14BrClN4O2S. The van der Waals surface area contributed by atoms with Crippen LogP contribution >= 0.6 is 39.3 Å². The molecule has 0 amide bonds. The van der Waals surface area contributed by atoms with E-state index in [0.29, 0.717) is 22.3 Å². The highest BCUT2D eigenvalue weighted by atomic mass is 79.9. The standard InChI is InChI=1S/C16H14BrClN4O2S/c1-2-25-16-21-19-10-22(16)20-8-12-4-5-13(24-12)9-23-15-6-3-11(17)7-14(15)18/h3-8,10H,2,9H2,1H3/b20-8-. The Morgan fingerprint density at radius 3 is 3.08 bits per heavy atom. The number of ether oxygens (including phenoxy) is 1. The van der Waals surface area contributed by atoms with E-state index in [4.69, 9.17) is 20.8 Å². The molecule has 3 rings (SSSR count). The molecule has 2 aromatic heterocycles. The Kier molecular flexibility index (Phi) is 6.17. The van der Waals surface area contributed by atoms with Gasteiger partial charge in [-0.2, -0.15) is 9.78 Å². The van der Waals surface area contributed by atoms with Crippen molar-refractivity contribution >= 4 is 45.5 Å². The molecule has 130 valence electrons. The summed E-state index contributed by atoms with van der Waals surface area (Å²) >= 11 is 11.0. The summed E-state index contributed by atoms with van der Waals surface area (Å²) in [6.07, 6.45) is 3.16. The van der Waals surface area contributed by atoms with Gasteiger partial charge in [-0.25, -0.2) is 0 Å². The molecule has 25 heavy (non-hydrogen) atoms. The molecule has 0 spiro atoms. The molecule has 3 aromatic rings. The molecule has 0 saturated carbocycles. The van der Waals surface area contributed by atoms with Gasteiger partial charge in [-0.05, 0) is 36.1 Å². The molecule has 0 N–H and O–H groups in total. The smallest absolute Gasteiger partial charge is 0.211 e. The number of hydrogen-bond donors (Lipinski definition) is 0. The molecule has 0 unspecified atom stereocenters. The van der Waals surface area contributed by atoms with Gasteiger partial charge < -0.3 is 9.15 Å². The number of benzene rings is 1. The maximum atomic E-state index is 6.12. The lowest BCUT2D eigenvalue weighted by Crippen LogP contribution is -1.94. The Morgan fingerprint density at radius 2 is 2.28 bits per heavy atom. The molecule has 2 heterocycles. The van der Waals surface area contributed by atoms with Crippen LogP contribution in [0.15, 0.2) is 55.8 Å². The topological polar surface area (TPSA) is 65.4 Å². The van der Waals surface area contributed by atoms with E-state index >= 15 is 0 Å². The lowest BCUT2D eigenvalue weighted by atomic mass is 10.3. The van der Waals surface area contributed by atoms with E-state index in [1.165, 1.54) is 0 Å². The lowest BCUT2D eigenvalue weighted by Gasteiger charge is -2.06. The minimum Gasteiger partial charge on any atom is -0.484 e. The monoisotopic (exact) mass is 440 g/mol. The summed E-state index contributed by atoms with van der Waals surface area (Å²) in [4.78, 5) is 0. The van der Waals surface area contributed by atoms with Crippen molar-refractivity contribution in [2.45, 2.75) is 18.7 Å². The first-order valence-electron chi connectivity index (χ1n) is 7.39. The molecule has 1 aromatic carbocycles. The van der Waals surface area contributed by atoms with Crippen molar-refractivity contribution in [1.82, 2.24) is 14.9 Å². The number of hydrogen-bond acceptors (Lipinski definition) is 6. The Balaban J connectivity index is 1.62. The van der Waals surface area contributed by atoms with Gasteiger partial charge in [0.2, 0.25) is 5.16 Å². The van der Waals surface area contributed by atoms with Crippen molar-refractivity contribution in [2.24, 2.45) is 5.10 Å². The molecule has 9 heteroatoms. The molecule has 0 radical (unpaired) electrons. The summed E-state index contributed by atoms with van der Waals surface area (Å²) in [5.41, 5.74) is 0. The van der Waals surface area contributed by atoms with Crippen molar-refractivity contribution in [3.05, 3.63) is 57.7 Å². The van der Waals surface area contributed by atoms with E-state index in [0.717, 1.165) is 15.4 Å². The van der Waals surface area contributed by atoms with E-state index in [1.54, 1.807) is 41.1 Å². The second-order valence-corrected chi connectivity index (χ2v) is 7.36. The first kappa shape index (κ1) is 18.0.